The van der Waals surface area contributed by atoms with Crippen LogP contribution in [0.3, 0.4) is 0 Å². The maximum absolute atomic E-state index is 8.12. The molecule has 0 aromatic carbocycles. The molecule has 0 rings (SSSR count). The maximum atomic E-state index is 8.12. The van der Waals surface area contributed by atoms with Gasteiger partial charge in [0.1, 0.15) is 0 Å². The Bertz CT molecular complexity index is 102. The highest BCUT2D eigenvalue weighted by Crippen LogP contribution is 1.77. The lowest BCUT2D eigenvalue weighted by Crippen LogP contribution is -2.14. The summed E-state index contributed by atoms with van der Waals surface area (Å²) >= 11 is 0. The van der Waals surface area contributed by atoms with E-state index in [9.17, 15) is 0 Å². The molecule has 0 fully saturated rings. The molecule has 2 nitrogen and oxygen atoms in total. The minimum atomic E-state index is -0.463. The highest BCUT2D eigenvalue weighted by atomic mass is 28.3. The quantitative estimate of drug-likeness (QED) is 0.210. The third kappa shape index (κ3) is 2.31. The van der Waals surface area contributed by atoms with Crippen LogP contribution in [0.1, 0.15) is 6.92 Å². The average Bonchev–Trinajstić information content (AvgIpc) is 1.65. The molecule has 0 aliphatic rings. The molecule has 3 heteroatoms. The molecule has 0 aromatic heterocycles. The van der Waals surface area contributed by atoms with Gasteiger partial charge in [0, 0.05) is 6.92 Å². The summed E-state index contributed by atoms with van der Waals surface area (Å²) in [5, 5.41) is 0.880. The van der Waals surface area contributed by atoms with Crippen LogP contribution in [-0.4, -0.2) is 18.9 Å². The zero-order valence-corrected chi connectivity index (χ0v) is 5.89. The number of rotatable bonds is 1. The Morgan fingerprint density at radius 3 is 2.00 bits per heavy atom. The van der Waals surface area contributed by atoms with E-state index < -0.39 is 8.80 Å². The van der Waals surface area contributed by atoms with Gasteiger partial charge in [0.2, 0.25) is 5.33 Å². The first kappa shape index (κ1) is 6.60. The van der Waals surface area contributed by atoms with Crippen molar-refractivity contribution in [2.24, 2.45) is 0 Å². The molecule has 0 saturated heterocycles. The zero-order valence-electron chi connectivity index (χ0n) is 4.89. The van der Waals surface area contributed by atoms with Gasteiger partial charge in [-0.1, -0.05) is 13.1 Å². The predicted molar refractivity (Wildman–Crippen MR) is 31.8 cm³/mol. The van der Waals surface area contributed by atoms with Crippen molar-refractivity contribution < 1.29 is 4.79 Å². The van der Waals surface area contributed by atoms with E-state index in [0.717, 1.165) is 5.33 Å². The van der Waals surface area contributed by atoms with Gasteiger partial charge in [-0.25, -0.2) is 0 Å². The van der Waals surface area contributed by atoms with Crippen LogP contribution in [-0.2, 0) is 0 Å². The van der Waals surface area contributed by atoms with E-state index in [2.05, 4.69) is 17.9 Å². The highest BCUT2D eigenvalue weighted by Gasteiger charge is 2.06. The van der Waals surface area contributed by atoms with Gasteiger partial charge in [-0.05, 0) is 0 Å². The summed E-state index contributed by atoms with van der Waals surface area (Å²) in [6, 6.07) is 0. The summed E-state index contributed by atoms with van der Waals surface area (Å²) in [5.74, 6) is 0. The van der Waals surface area contributed by atoms with Gasteiger partial charge in [-0.15, -0.1) is 0 Å². The Balaban J connectivity index is 3.81. The van der Waals surface area contributed by atoms with Crippen molar-refractivity contribution in [2.75, 3.05) is 0 Å². The first-order chi connectivity index (χ1) is 3.18. The van der Waals surface area contributed by atoms with Gasteiger partial charge >= 0.3 is 0 Å². The van der Waals surface area contributed by atoms with Crippen molar-refractivity contribution in [3.05, 3.63) is 5.53 Å². The van der Waals surface area contributed by atoms with E-state index >= 15 is 0 Å². The fourth-order valence-electron chi connectivity index (χ4n) is 0.100. The smallest absolute Gasteiger partial charge is 0.232 e. The fourth-order valence-corrected chi connectivity index (χ4v) is 0.300. The molecule has 0 aromatic rings. The Labute approximate surface area is 45.4 Å². The van der Waals surface area contributed by atoms with Gasteiger partial charge in [-0.3, -0.25) is 0 Å². The summed E-state index contributed by atoms with van der Waals surface area (Å²) in [6.07, 6.45) is 0. The lowest BCUT2D eigenvalue weighted by molar-refractivity contribution is -0.00158. The molecular weight excluding hydrogens is 104 g/mol. The molecule has 0 amide bonds. The molecule has 1 radical (unpaired) electrons. The molecule has 0 N–H and O–H groups in total. The van der Waals surface area contributed by atoms with Crippen LogP contribution in [0, 0.1) is 0 Å². The Morgan fingerprint density at radius 1 is 1.57 bits per heavy atom. The molecule has 0 atom stereocenters. The van der Waals surface area contributed by atoms with Crippen LogP contribution in [0.25, 0.3) is 5.53 Å². The second kappa shape index (κ2) is 2.72. The van der Waals surface area contributed by atoms with Gasteiger partial charge in [0.25, 0.3) is 0 Å². The third-order valence-electron chi connectivity index (χ3n) is 0.874. The lowest BCUT2D eigenvalue weighted by atomic mass is 10.9. The van der Waals surface area contributed by atoms with Gasteiger partial charge in [-0.2, -0.15) is 4.79 Å². The zero-order chi connectivity index (χ0) is 5.86. The normalized spacial score (nSPS) is 8.57. The SMILES string of the molecule is CC(=[N+]=[N-])[Si](C)C. The number of hydrogen-bond donors (Lipinski definition) is 0. The van der Waals surface area contributed by atoms with Crippen molar-refractivity contribution in [3.8, 4) is 0 Å². The van der Waals surface area contributed by atoms with Crippen LogP contribution < -0.4 is 0 Å². The van der Waals surface area contributed by atoms with Gasteiger partial charge < -0.3 is 5.53 Å². The van der Waals surface area contributed by atoms with Crippen molar-refractivity contribution in [2.45, 2.75) is 20.0 Å². The molecule has 7 heavy (non-hydrogen) atoms. The number of nitrogens with zero attached hydrogens (tertiary/aromatic N) is 2. The highest BCUT2D eigenvalue weighted by molar-refractivity contribution is 6.87. The lowest BCUT2D eigenvalue weighted by Gasteiger charge is -1.83. The van der Waals surface area contributed by atoms with E-state index in [1.165, 1.54) is 0 Å². The molecule has 39 valence electrons. The van der Waals surface area contributed by atoms with E-state index in [1.807, 2.05) is 6.92 Å². The molecule has 0 saturated carbocycles. The minimum Gasteiger partial charge on any atom is -0.362 e. The fraction of sp³-hybridized carbons (Fsp3) is 0.750. The number of hydrogen-bond acceptors (Lipinski definition) is 0. The van der Waals surface area contributed by atoms with Gasteiger partial charge in [0.05, 0.1) is 0 Å². The standard InChI is InChI=1S/C4H9N2Si/c1-4(6-5)7(2)3/h1-3H3. The summed E-state index contributed by atoms with van der Waals surface area (Å²) < 4.78 is 0. The largest absolute Gasteiger partial charge is 0.362 e. The Kier molecular flexibility index (Phi) is 2.56. The molecule has 0 unspecified atom stereocenters. The Morgan fingerprint density at radius 2 is 2.00 bits per heavy atom. The van der Waals surface area contributed by atoms with Crippen LogP contribution in [0.4, 0.5) is 0 Å². The predicted octanol–water partition coefficient (Wildman–Crippen LogP) is 0.971. The third-order valence-corrected chi connectivity index (χ3v) is 2.42. The van der Waals surface area contributed by atoms with E-state index in [-0.39, 0.29) is 0 Å². The van der Waals surface area contributed by atoms with Crippen LogP contribution >= 0.6 is 0 Å². The summed E-state index contributed by atoms with van der Waals surface area (Å²) in [6.45, 7) is 6.01. The van der Waals surface area contributed by atoms with E-state index in [4.69, 9.17) is 5.53 Å². The van der Waals surface area contributed by atoms with Gasteiger partial charge in [0.15, 0.2) is 8.80 Å². The van der Waals surface area contributed by atoms with Crippen LogP contribution in [0.5, 0.6) is 0 Å². The van der Waals surface area contributed by atoms with Crippen molar-refractivity contribution >= 4 is 14.1 Å². The maximum Gasteiger partial charge on any atom is 0.232 e. The molecule has 0 aliphatic heterocycles. The second-order valence-electron chi connectivity index (χ2n) is 1.69. The van der Waals surface area contributed by atoms with E-state index in [1.54, 1.807) is 0 Å². The first-order valence-electron chi connectivity index (χ1n) is 2.17. The van der Waals surface area contributed by atoms with Crippen LogP contribution in [0.15, 0.2) is 0 Å². The van der Waals surface area contributed by atoms with Crippen molar-refractivity contribution in [3.63, 3.8) is 0 Å². The first-order valence-corrected chi connectivity index (χ1v) is 4.67. The molecule has 0 aliphatic carbocycles. The molecule has 0 spiro atoms. The Hall–Kier alpha value is -0.403. The molecule has 0 bridgehead atoms. The second-order valence-corrected chi connectivity index (χ2v) is 4.41. The van der Waals surface area contributed by atoms with Crippen LogP contribution in [0.2, 0.25) is 13.1 Å². The van der Waals surface area contributed by atoms with Crippen molar-refractivity contribution in [1.82, 2.24) is 0 Å². The minimum absolute atomic E-state index is 0.463. The summed E-state index contributed by atoms with van der Waals surface area (Å²) in [5.41, 5.74) is 8.12. The van der Waals surface area contributed by atoms with Crippen molar-refractivity contribution in [1.29, 1.82) is 0 Å². The topological polar surface area (TPSA) is 36.4 Å². The van der Waals surface area contributed by atoms with E-state index in [0.29, 0.717) is 0 Å². The molecule has 0 heterocycles. The summed E-state index contributed by atoms with van der Waals surface area (Å²) in [4.78, 5) is 3.05. The summed E-state index contributed by atoms with van der Waals surface area (Å²) in [7, 11) is -0.463. The average molecular weight is 113 g/mol. The monoisotopic (exact) mass is 113 g/mol. The molecular formula is C4H9N2Si.